The normalized spacial score (nSPS) is 17.2. The Kier molecular flexibility index (Phi) is 8.05. The highest BCUT2D eigenvalue weighted by Gasteiger charge is 2.57. The molecule has 2 fully saturated rings. The predicted molar refractivity (Wildman–Crippen MR) is 142 cm³/mol. The van der Waals surface area contributed by atoms with E-state index in [2.05, 4.69) is 4.90 Å². The summed E-state index contributed by atoms with van der Waals surface area (Å²) in [5, 5.41) is 0. The van der Waals surface area contributed by atoms with Gasteiger partial charge in [0.25, 0.3) is 5.91 Å². The molecule has 0 N–H and O–H groups in total. The summed E-state index contributed by atoms with van der Waals surface area (Å²) in [7, 11) is 3.03. The number of carbonyl (C=O) groups is 3. The van der Waals surface area contributed by atoms with Gasteiger partial charge in [-0.1, -0.05) is 38.1 Å². The Morgan fingerprint density at radius 3 is 2.32 bits per heavy atom. The number of esters is 1. The maximum atomic E-state index is 13.8. The fraction of sp³-hybridized carbons (Fsp3) is 0.483. The first kappa shape index (κ1) is 26.5. The van der Waals surface area contributed by atoms with E-state index >= 15 is 0 Å². The third kappa shape index (κ3) is 5.58. The molecule has 2 aliphatic heterocycles. The first-order chi connectivity index (χ1) is 17.8. The van der Waals surface area contributed by atoms with Gasteiger partial charge in [0, 0.05) is 31.9 Å². The highest BCUT2D eigenvalue weighted by atomic mass is 16.5. The lowest BCUT2D eigenvalue weighted by Crippen LogP contribution is -2.57. The first-order valence-corrected chi connectivity index (χ1v) is 12.9. The molecule has 0 bridgehead atoms. The maximum absolute atomic E-state index is 13.8. The molecule has 0 radical (unpaired) electrons. The van der Waals surface area contributed by atoms with Crippen molar-refractivity contribution in [2.75, 3.05) is 45.3 Å². The minimum absolute atomic E-state index is 0.0694. The Morgan fingerprint density at radius 1 is 1.00 bits per heavy atom. The van der Waals surface area contributed by atoms with Crippen molar-refractivity contribution < 1.29 is 23.9 Å². The molecule has 2 saturated heterocycles. The van der Waals surface area contributed by atoms with E-state index in [0.29, 0.717) is 45.4 Å². The molecule has 0 saturated carbocycles. The Hall–Kier alpha value is -3.55. The molecular weight excluding hydrogens is 470 g/mol. The largest absolute Gasteiger partial charge is 0.497 e. The minimum Gasteiger partial charge on any atom is -0.497 e. The second kappa shape index (κ2) is 11.2. The second-order valence-corrected chi connectivity index (χ2v) is 10.3. The predicted octanol–water partition coefficient (Wildman–Crippen LogP) is 3.91. The maximum Gasteiger partial charge on any atom is 0.327 e. The van der Waals surface area contributed by atoms with Crippen molar-refractivity contribution in [3.8, 4) is 5.75 Å². The summed E-state index contributed by atoms with van der Waals surface area (Å²) >= 11 is 0. The topological polar surface area (TPSA) is 79.4 Å². The number of piperidine rings is 1. The summed E-state index contributed by atoms with van der Waals surface area (Å²) in [5.41, 5.74) is 2.18. The summed E-state index contributed by atoms with van der Waals surface area (Å²) < 4.78 is 10.1. The third-order valence-corrected chi connectivity index (χ3v) is 7.40. The van der Waals surface area contributed by atoms with Gasteiger partial charge in [0.1, 0.15) is 11.3 Å². The number of hydrogen-bond donors (Lipinski definition) is 0. The van der Waals surface area contributed by atoms with Gasteiger partial charge in [0.2, 0.25) is 0 Å². The Bertz CT molecular complexity index is 1120. The number of anilines is 1. The van der Waals surface area contributed by atoms with Crippen LogP contribution in [0.4, 0.5) is 10.5 Å². The van der Waals surface area contributed by atoms with Gasteiger partial charge in [0.05, 0.1) is 20.6 Å². The van der Waals surface area contributed by atoms with Gasteiger partial charge < -0.3 is 19.3 Å². The van der Waals surface area contributed by atoms with Crippen LogP contribution in [0.1, 0.15) is 37.8 Å². The average molecular weight is 508 g/mol. The molecule has 2 aromatic rings. The molecule has 8 heteroatoms. The summed E-state index contributed by atoms with van der Waals surface area (Å²) in [4.78, 5) is 44.5. The number of benzene rings is 2. The van der Waals surface area contributed by atoms with Crippen LogP contribution in [-0.4, -0.2) is 73.6 Å². The molecule has 8 nitrogen and oxygen atoms in total. The molecule has 2 aliphatic rings. The minimum atomic E-state index is -0.821. The number of carbonyl (C=O) groups excluding carboxylic acids is 3. The molecule has 0 aliphatic carbocycles. The number of rotatable bonds is 9. The van der Waals surface area contributed by atoms with Gasteiger partial charge in [0.15, 0.2) is 0 Å². The molecular formula is C29H37N3O5. The van der Waals surface area contributed by atoms with E-state index in [1.165, 1.54) is 12.0 Å². The van der Waals surface area contributed by atoms with Crippen molar-refractivity contribution >= 4 is 23.6 Å². The molecule has 0 aromatic heterocycles. The van der Waals surface area contributed by atoms with E-state index in [1.54, 1.807) is 7.11 Å². The Balaban J connectivity index is 1.52. The van der Waals surface area contributed by atoms with Crippen LogP contribution in [0, 0.1) is 5.92 Å². The number of imide groups is 1. The van der Waals surface area contributed by atoms with Gasteiger partial charge in [-0.3, -0.25) is 14.5 Å². The van der Waals surface area contributed by atoms with Crippen LogP contribution in [0.3, 0.4) is 0 Å². The SMILES string of the molecule is COC(=O)Cc1cccc(N2CCC3(CC2)C(=O)N(CC(C)C)C(=O)N3CCc2ccc(OC)cc2)c1. The summed E-state index contributed by atoms with van der Waals surface area (Å²) in [5.74, 6) is 0.644. The molecule has 4 rings (SSSR count). The van der Waals surface area contributed by atoms with Crippen molar-refractivity contribution in [2.45, 2.75) is 45.1 Å². The molecule has 198 valence electrons. The molecule has 2 aromatic carbocycles. The summed E-state index contributed by atoms with van der Waals surface area (Å²) in [6.07, 6.45) is 2.02. The van der Waals surface area contributed by atoms with E-state index < -0.39 is 5.54 Å². The van der Waals surface area contributed by atoms with Crippen LogP contribution in [0.25, 0.3) is 0 Å². The van der Waals surface area contributed by atoms with Crippen molar-refractivity contribution in [1.29, 1.82) is 0 Å². The van der Waals surface area contributed by atoms with Crippen LogP contribution in [0.5, 0.6) is 5.75 Å². The van der Waals surface area contributed by atoms with Crippen molar-refractivity contribution in [3.63, 3.8) is 0 Å². The number of ether oxygens (including phenoxy) is 2. The number of urea groups is 1. The van der Waals surface area contributed by atoms with Gasteiger partial charge in [-0.15, -0.1) is 0 Å². The van der Waals surface area contributed by atoms with E-state index in [4.69, 9.17) is 9.47 Å². The van der Waals surface area contributed by atoms with E-state index in [9.17, 15) is 14.4 Å². The fourth-order valence-electron chi connectivity index (χ4n) is 5.37. The van der Waals surface area contributed by atoms with Crippen LogP contribution in [0.2, 0.25) is 0 Å². The second-order valence-electron chi connectivity index (χ2n) is 10.3. The molecule has 2 heterocycles. The number of amides is 3. The van der Waals surface area contributed by atoms with Crippen molar-refractivity contribution in [3.05, 3.63) is 59.7 Å². The zero-order chi connectivity index (χ0) is 26.6. The summed E-state index contributed by atoms with van der Waals surface area (Å²) in [6.45, 7) is 6.26. The highest BCUT2D eigenvalue weighted by molar-refractivity contribution is 6.07. The molecule has 37 heavy (non-hydrogen) atoms. The van der Waals surface area contributed by atoms with Crippen LogP contribution >= 0.6 is 0 Å². The average Bonchev–Trinajstić information content (AvgIpc) is 3.08. The van der Waals surface area contributed by atoms with Gasteiger partial charge in [-0.05, 0) is 60.6 Å². The third-order valence-electron chi connectivity index (χ3n) is 7.40. The number of hydrogen-bond acceptors (Lipinski definition) is 6. The summed E-state index contributed by atoms with van der Waals surface area (Å²) in [6, 6.07) is 15.5. The Labute approximate surface area is 219 Å². The molecule has 1 spiro atoms. The van der Waals surface area contributed by atoms with E-state index in [0.717, 1.165) is 22.6 Å². The van der Waals surface area contributed by atoms with Crippen LogP contribution in [-0.2, 0) is 27.2 Å². The standard InChI is InChI=1S/C29H37N3O5/c1-21(2)20-31-27(34)29(32(28(31)35)15-12-22-8-10-25(36-3)11-9-22)13-16-30(17-14-29)24-7-5-6-23(18-24)19-26(33)37-4/h5-11,18,21H,12-17,19-20H2,1-4H3. The van der Waals surface area contributed by atoms with Crippen LogP contribution in [0.15, 0.2) is 48.5 Å². The molecule has 0 atom stereocenters. The quantitative estimate of drug-likeness (QED) is 0.378. The van der Waals surface area contributed by atoms with Gasteiger partial charge >= 0.3 is 12.0 Å². The van der Waals surface area contributed by atoms with Gasteiger partial charge in [-0.2, -0.15) is 0 Å². The molecule has 3 amide bonds. The lowest BCUT2D eigenvalue weighted by molar-refractivity contribution is -0.139. The smallest absolute Gasteiger partial charge is 0.327 e. The zero-order valence-corrected chi connectivity index (χ0v) is 22.2. The Morgan fingerprint density at radius 2 is 1.70 bits per heavy atom. The lowest BCUT2D eigenvalue weighted by Gasteiger charge is -2.43. The van der Waals surface area contributed by atoms with Crippen LogP contribution < -0.4 is 9.64 Å². The molecule has 0 unspecified atom stereocenters. The van der Waals surface area contributed by atoms with E-state index in [1.807, 2.05) is 67.3 Å². The first-order valence-electron chi connectivity index (χ1n) is 12.9. The lowest BCUT2D eigenvalue weighted by atomic mass is 9.85. The van der Waals surface area contributed by atoms with E-state index in [-0.39, 0.29) is 30.2 Å². The highest BCUT2D eigenvalue weighted by Crippen LogP contribution is 2.39. The zero-order valence-electron chi connectivity index (χ0n) is 22.2. The fourth-order valence-corrected chi connectivity index (χ4v) is 5.37. The van der Waals surface area contributed by atoms with Crippen molar-refractivity contribution in [1.82, 2.24) is 9.80 Å². The number of nitrogens with zero attached hydrogens (tertiary/aromatic N) is 3. The van der Waals surface area contributed by atoms with Crippen molar-refractivity contribution in [2.24, 2.45) is 5.92 Å². The monoisotopic (exact) mass is 507 g/mol. The number of methoxy groups -OCH3 is 2. The van der Waals surface area contributed by atoms with Gasteiger partial charge in [-0.25, -0.2) is 4.79 Å².